The third kappa shape index (κ3) is 6.13. The molecular weight excluding hydrogens is 302 g/mol. The molecule has 3 unspecified atom stereocenters. The van der Waals surface area contributed by atoms with Gasteiger partial charge in [0.05, 0.1) is 19.3 Å². The summed E-state index contributed by atoms with van der Waals surface area (Å²) in [5, 5.41) is 6.78. The van der Waals surface area contributed by atoms with Gasteiger partial charge in [-0.15, -0.1) is 0 Å². The lowest BCUT2D eigenvalue weighted by Crippen LogP contribution is -2.45. The van der Waals surface area contributed by atoms with Crippen molar-refractivity contribution in [1.82, 2.24) is 10.6 Å². The molecule has 0 aromatic heterocycles. The van der Waals surface area contributed by atoms with E-state index in [1.807, 2.05) is 0 Å². The first kappa shape index (κ1) is 18.7. The van der Waals surface area contributed by atoms with Crippen molar-refractivity contribution in [3.63, 3.8) is 0 Å². The second-order valence-corrected chi connectivity index (χ2v) is 6.63. The van der Waals surface area contributed by atoms with Gasteiger partial charge in [-0.25, -0.2) is 0 Å². The highest BCUT2D eigenvalue weighted by atomic mass is 16.5. The first-order valence-electron chi connectivity index (χ1n) is 8.81. The Balaban J connectivity index is 1.71. The Bertz CT molecular complexity index is 510. The molecule has 5 nitrogen and oxygen atoms in total. The van der Waals surface area contributed by atoms with Crippen LogP contribution in [-0.4, -0.2) is 51.5 Å². The molecule has 2 N–H and O–H groups in total. The molecule has 0 spiro atoms. The number of aliphatic imine (C=N–C) groups is 1. The molecule has 1 heterocycles. The van der Waals surface area contributed by atoms with Gasteiger partial charge >= 0.3 is 0 Å². The molecule has 0 radical (unpaired) electrons. The Hall–Kier alpha value is -1.59. The van der Waals surface area contributed by atoms with Crippen LogP contribution in [0.2, 0.25) is 0 Å². The van der Waals surface area contributed by atoms with Gasteiger partial charge in [0.1, 0.15) is 0 Å². The zero-order chi connectivity index (χ0) is 17.4. The summed E-state index contributed by atoms with van der Waals surface area (Å²) in [6.45, 7) is 9.46. The zero-order valence-electron chi connectivity index (χ0n) is 15.3. The molecule has 2 rings (SSSR count). The van der Waals surface area contributed by atoms with Crippen molar-refractivity contribution >= 4 is 5.96 Å². The van der Waals surface area contributed by atoms with E-state index in [2.05, 4.69) is 60.7 Å². The Morgan fingerprint density at radius 1 is 1.33 bits per heavy atom. The summed E-state index contributed by atoms with van der Waals surface area (Å²) in [5.41, 5.74) is 2.62. The van der Waals surface area contributed by atoms with Crippen LogP contribution in [0.15, 0.2) is 29.3 Å². The minimum atomic E-state index is 0.200. The molecule has 3 atom stereocenters. The third-order valence-electron chi connectivity index (χ3n) is 4.30. The van der Waals surface area contributed by atoms with Crippen LogP contribution in [0.5, 0.6) is 0 Å². The van der Waals surface area contributed by atoms with Gasteiger partial charge in [0.15, 0.2) is 5.96 Å². The monoisotopic (exact) mass is 333 g/mol. The van der Waals surface area contributed by atoms with Crippen LogP contribution in [-0.2, 0) is 9.47 Å². The van der Waals surface area contributed by atoms with Crippen molar-refractivity contribution < 1.29 is 9.47 Å². The van der Waals surface area contributed by atoms with Crippen molar-refractivity contribution in [2.24, 2.45) is 4.99 Å². The molecule has 0 saturated carbocycles. The van der Waals surface area contributed by atoms with Crippen molar-refractivity contribution in [2.75, 3.05) is 33.4 Å². The van der Waals surface area contributed by atoms with E-state index in [1.54, 1.807) is 7.05 Å². The van der Waals surface area contributed by atoms with E-state index in [0.717, 1.165) is 25.5 Å². The Kier molecular flexibility index (Phi) is 7.53. The zero-order valence-corrected chi connectivity index (χ0v) is 15.3. The van der Waals surface area contributed by atoms with E-state index < -0.39 is 0 Å². The van der Waals surface area contributed by atoms with Crippen molar-refractivity contribution in [1.29, 1.82) is 0 Å². The fourth-order valence-electron chi connectivity index (χ4n) is 2.66. The van der Waals surface area contributed by atoms with Gasteiger partial charge in [-0.3, -0.25) is 4.99 Å². The summed E-state index contributed by atoms with van der Waals surface area (Å²) >= 11 is 0. The molecule has 5 heteroatoms. The van der Waals surface area contributed by atoms with E-state index in [1.165, 1.54) is 11.1 Å². The van der Waals surface area contributed by atoms with E-state index in [4.69, 9.17) is 9.47 Å². The number of aryl methyl sites for hydroxylation is 1. The van der Waals surface area contributed by atoms with Gasteiger partial charge in [-0.1, -0.05) is 36.8 Å². The number of guanidine groups is 1. The maximum absolute atomic E-state index is 5.85. The smallest absolute Gasteiger partial charge is 0.191 e. The average Bonchev–Trinajstić information content (AvgIpc) is 3.10. The van der Waals surface area contributed by atoms with Crippen molar-refractivity contribution in [2.45, 2.75) is 45.3 Å². The van der Waals surface area contributed by atoms with Crippen LogP contribution in [0.3, 0.4) is 0 Å². The fraction of sp³-hybridized carbons (Fsp3) is 0.632. The second-order valence-electron chi connectivity index (χ2n) is 6.63. The maximum atomic E-state index is 5.85. The molecule has 24 heavy (non-hydrogen) atoms. The lowest BCUT2D eigenvalue weighted by Gasteiger charge is -2.21. The highest BCUT2D eigenvalue weighted by Crippen LogP contribution is 2.14. The minimum absolute atomic E-state index is 0.200. The summed E-state index contributed by atoms with van der Waals surface area (Å²) in [6, 6.07) is 8.90. The van der Waals surface area contributed by atoms with Crippen LogP contribution in [0, 0.1) is 6.92 Å². The first-order valence-corrected chi connectivity index (χ1v) is 8.81. The third-order valence-corrected chi connectivity index (χ3v) is 4.30. The summed E-state index contributed by atoms with van der Waals surface area (Å²) in [7, 11) is 1.80. The Morgan fingerprint density at radius 3 is 2.71 bits per heavy atom. The van der Waals surface area contributed by atoms with Gasteiger partial charge in [0, 0.05) is 26.2 Å². The lowest BCUT2D eigenvalue weighted by molar-refractivity contribution is 0.0347. The van der Waals surface area contributed by atoms with Gasteiger partial charge in [-0.2, -0.15) is 0 Å². The normalized spacial score (nSPS) is 20.7. The number of rotatable bonds is 7. The molecule has 134 valence electrons. The first-order chi connectivity index (χ1) is 11.6. The summed E-state index contributed by atoms with van der Waals surface area (Å²) in [5.74, 6) is 1.24. The van der Waals surface area contributed by atoms with E-state index in [-0.39, 0.29) is 12.1 Å². The number of benzene rings is 1. The van der Waals surface area contributed by atoms with Gasteiger partial charge in [-0.05, 0) is 31.7 Å². The fourth-order valence-corrected chi connectivity index (χ4v) is 2.66. The Morgan fingerprint density at radius 2 is 2.08 bits per heavy atom. The molecular formula is C19H31N3O2. The Labute approximate surface area is 145 Å². The number of hydrogen-bond acceptors (Lipinski definition) is 3. The quantitative estimate of drug-likeness (QED) is 0.594. The van der Waals surface area contributed by atoms with Crippen LogP contribution in [0.1, 0.15) is 37.3 Å². The van der Waals surface area contributed by atoms with Gasteiger partial charge in [0.2, 0.25) is 0 Å². The number of ether oxygens (including phenoxy) is 2. The van der Waals surface area contributed by atoms with E-state index in [9.17, 15) is 0 Å². The van der Waals surface area contributed by atoms with Crippen LogP contribution in [0.4, 0.5) is 0 Å². The molecule has 1 saturated heterocycles. The molecule has 0 bridgehead atoms. The molecule has 0 aliphatic carbocycles. The molecule has 0 amide bonds. The predicted molar refractivity (Wildman–Crippen MR) is 98.7 cm³/mol. The summed E-state index contributed by atoms with van der Waals surface area (Å²) < 4.78 is 11.2. The molecule has 1 aromatic rings. The average molecular weight is 333 g/mol. The van der Waals surface area contributed by atoms with Gasteiger partial charge in [0.25, 0.3) is 0 Å². The highest BCUT2D eigenvalue weighted by Gasteiger charge is 2.17. The lowest BCUT2D eigenvalue weighted by atomic mass is 10.0. The molecule has 1 aromatic carbocycles. The number of hydrogen-bond donors (Lipinski definition) is 2. The van der Waals surface area contributed by atoms with Crippen LogP contribution in [0.25, 0.3) is 0 Å². The van der Waals surface area contributed by atoms with E-state index >= 15 is 0 Å². The second kappa shape index (κ2) is 9.64. The van der Waals surface area contributed by atoms with E-state index in [0.29, 0.717) is 19.1 Å². The van der Waals surface area contributed by atoms with Crippen LogP contribution >= 0.6 is 0 Å². The van der Waals surface area contributed by atoms with Gasteiger partial charge < -0.3 is 20.1 Å². The largest absolute Gasteiger partial charge is 0.379 e. The number of nitrogens with one attached hydrogen (secondary N) is 2. The van der Waals surface area contributed by atoms with Crippen molar-refractivity contribution in [3.05, 3.63) is 35.4 Å². The predicted octanol–water partition coefficient (Wildman–Crippen LogP) is 2.46. The minimum Gasteiger partial charge on any atom is -0.379 e. The summed E-state index contributed by atoms with van der Waals surface area (Å²) in [6.07, 6.45) is 1.24. The van der Waals surface area contributed by atoms with Crippen molar-refractivity contribution in [3.8, 4) is 0 Å². The molecule has 1 fully saturated rings. The SMILES string of the molecule is CN=C(NCC(C)c1ccc(C)cc1)NC(C)COC1CCOC1. The molecule has 1 aliphatic rings. The summed E-state index contributed by atoms with van der Waals surface area (Å²) in [4.78, 5) is 4.30. The topological polar surface area (TPSA) is 54.9 Å². The standard InChI is InChI=1S/C19H31N3O2/c1-14-5-7-17(8-6-14)15(2)11-21-19(20-4)22-16(3)12-24-18-9-10-23-13-18/h5-8,15-16,18H,9-13H2,1-4H3,(H2,20,21,22). The highest BCUT2D eigenvalue weighted by molar-refractivity contribution is 5.80. The number of nitrogens with zero attached hydrogens (tertiary/aromatic N) is 1. The molecule has 1 aliphatic heterocycles. The maximum Gasteiger partial charge on any atom is 0.191 e. The van der Waals surface area contributed by atoms with Crippen LogP contribution < -0.4 is 10.6 Å².